The van der Waals surface area contributed by atoms with Gasteiger partial charge in [0, 0.05) is 10.6 Å². The minimum Gasteiger partial charge on any atom is -0.497 e. The van der Waals surface area contributed by atoms with E-state index in [4.69, 9.17) is 16.3 Å². The molecular weight excluding hydrogens is 398 g/mol. The van der Waals surface area contributed by atoms with Gasteiger partial charge in [-0.05, 0) is 61.5 Å². The van der Waals surface area contributed by atoms with E-state index in [1.165, 1.54) is 31.4 Å². The maximum Gasteiger partial charge on any atom is 0.261 e. The fraction of sp³-hybridized carbons (Fsp3) is 0.0952. The summed E-state index contributed by atoms with van der Waals surface area (Å²) >= 11 is 5.88. The van der Waals surface area contributed by atoms with E-state index in [9.17, 15) is 13.2 Å². The molecule has 0 aliphatic rings. The summed E-state index contributed by atoms with van der Waals surface area (Å²) in [4.78, 5) is 13.1. The Labute approximate surface area is 169 Å². The van der Waals surface area contributed by atoms with E-state index in [1.54, 1.807) is 42.5 Å². The van der Waals surface area contributed by atoms with Gasteiger partial charge in [-0.3, -0.25) is 9.52 Å². The average Bonchev–Trinajstić information content (AvgIpc) is 2.68. The lowest BCUT2D eigenvalue weighted by Crippen LogP contribution is -2.16. The number of rotatable bonds is 6. The Bertz CT molecular complexity index is 1110. The summed E-state index contributed by atoms with van der Waals surface area (Å²) < 4.78 is 33.2. The van der Waals surface area contributed by atoms with Gasteiger partial charge >= 0.3 is 0 Å². The molecule has 0 unspecified atom stereocenters. The number of sulfonamides is 1. The molecule has 144 valence electrons. The Balaban J connectivity index is 2.02. The summed E-state index contributed by atoms with van der Waals surface area (Å²) in [6.07, 6.45) is 0. The molecule has 0 atom stereocenters. The first-order valence-electron chi connectivity index (χ1n) is 8.38. The Morgan fingerprint density at radius 1 is 0.964 bits per heavy atom. The first kappa shape index (κ1) is 19.9. The van der Waals surface area contributed by atoms with Gasteiger partial charge in [-0.2, -0.15) is 0 Å². The number of methoxy groups -OCH3 is 1. The van der Waals surface area contributed by atoms with Gasteiger partial charge in [0.15, 0.2) is 5.78 Å². The zero-order valence-electron chi connectivity index (χ0n) is 15.3. The van der Waals surface area contributed by atoms with Crippen molar-refractivity contribution >= 4 is 33.1 Å². The fourth-order valence-electron chi connectivity index (χ4n) is 2.61. The van der Waals surface area contributed by atoms with Gasteiger partial charge < -0.3 is 4.74 Å². The Morgan fingerprint density at radius 2 is 1.61 bits per heavy atom. The van der Waals surface area contributed by atoms with Crippen LogP contribution in [0.3, 0.4) is 0 Å². The van der Waals surface area contributed by atoms with Gasteiger partial charge in [-0.1, -0.05) is 29.3 Å². The normalized spacial score (nSPS) is 11.1. The fourth-order valence-corrected chi connectivity index (χ4v) is 3.81. The number of carbonyl (C=O) groups is 1. The molecule has 3 rings (SSSR count). The van der Waals surface area contributed by atoms with Crippen molar-refractivity contribution < 1.29 is 17.9 Å². The molecule has 0 saturated carbocycles. The van der Waals surface area contributed by atoms with Crippen molar-refractivity contribution in [3.05, 3.63) is 88.4 Å². The summed E-state index contributed by atoms with van der Waals surface area (Å²) in [5, 5.41) is 0.502. The smallest absolute Gasteiger partial charge is 0.261 e. The van der Waals surface area contributed by atoms with Crippen LogP contribution in [-0.4, -0.2) is 21.3 Å². The highest BCUT2D eigenvalue weighted by molar-refractivity contribution is 7.92. The van der Waals surface area contributed by atoms with Gasteiger partial charge in [-0.25, -0.2) is 8.42 Å². The zero-order chi connectivity index (χ0) is 20.3. The van der Waals surface area contributed by atoms with Crippen molar-refractivity contribution in [1.29, 1.82) is 0 Å². The second-order valence-electron chi connectivity index (χ2n) is 6.17. The van der Waals surface area contributed by atoms with Crippen molar-refractivity contribution in [2.45, 2.75) is 11.8 Å². The minimum atomic E-state index is -3.86. The van der Waals surface area contributed by atoms with Crippen LogP contribution in [0.25, 0.3) is 0 Å². The van der Waals surface area contributed by atoms with Crippen molar-refractivity contribution in [3.8, 4) is 5.75 Å². The lowest BCUT2D eigenvalue weighted by Gasteiger charge is -2.14. The Morgan fingerprint density at radius 3 is 2.21 bits per heavy atom. The second kappa shape index (κ2) is 8.04. The first-order valence-corrected chi connectivity index (χ1v) is 10.2. The van der Waals surface area contributed by atoms with Crippen LogP contribution in [0.5, 0.6) is 5.75 Å². The van der Waals surface area contributed by atoms with Crippen LogP contribution < -0.4 is 9.46 Å². The van der Waals surface area contributed by atoms with Crippen LogP contribution in [-0.2, 0) is 10.0 Å². The predicted octanol–water partition coefficient (Wildman–Crippen LogP) is 4.69. The molecule has 3 aromatic rings. The molecule has 0 amide bonds. The van der Waals surface area contributed by atoms with Crippen molar-refractivity contribution in [1.82, 2.24) is 0 Å². The third-order valence-corrected chi connectivity index (χ3v) is 5.79. The Hall–Kier alpha value is -2.83. The second-order valence-corrected chi connectivity index (χ2v) is 8.28. The van der Waals surface area contributed by atoms with E-state index >= 15 is 0 Å². The maximum absolute atomic E-state index is 13.0. The summed E-state index contributed by atoms with van der Waals surface area (Å²) in [6, 6.07) is 17.4. The summed E-state index contributed by atoms with van der Waals surface area (Å²) in [5.74, 6) is 0.0905. The van der Waals surface area contributed by atoms with Crippen LogP contribution in [0.2, 0.25) is 5.02 Å². The van der Waals surface area contributed by atoms with E-state index in [-0.39, 0.29) is 21.9 Å². The van der Waals surface area contributed by atoms with Gasteiger partial charge in [0.2, 0.25) is 0 Å². The Kier molecular flexibility index (Phi) is 5.72. The van der Waals surface area contributed by atoms with Gasteiger partial charge in [-0.15, -0.1) is 0 Å². The number of ketones is 1. The molecule has 1 N–H and O–H groups in total. The number of anilines is 1. The quantitative estimate of drug-likeness (QED) is 0.593. The number of carbonyl (C=O) groups excluding carboxylic acids is 1. The first-order chi connectivity index (χ1) is 13.3. The minimum absolute atomic E-state index is 0.110. The van der Waals surface area contributed by atoms with E-state index < -0.39 is 10.0 Å². The van der Waals surface area contributed by atoms with E-state index in [0.29, 0.717) is 16.3 Å². The highest BCUT2D eigenvalue weighted by Crippen LogP contribution is 2.27. The monoisotopic (exact) mass is 415 g/mol. The topological polar surface area (TPSA) is 72.5 Å². The third kappa shape index (κ3) is 4.35. The standard InChI is InChI=1S/C21H18ClNO4S/c1-14-3-10-18(11-4-14)28(25,26)23-20-12-9-17(27-2)13-19(20)21(24)15-5-7-16(22)8-6-15/h3-13,23H,1-2H3. The van der Waals surface area contributed by atoms with Crippen LogP contribution in [0.4, 0.5) is 5.69 Å². The van der Waals surface area contributed by atoms with Crippen molar-refractivity contribution in [3.63, 3.8) is 0 Å². The molecule has 28 heavy (non-hydrogen) atoms. The summed E-state index contributed by atoms with van der Waals surface area (Å²) in [6.45, 7) is 1.87. The van der Waals surface area contributed by atoms with Crippen LogP contribution >= 0.6 is 11.6 Å². The molecule has 0 saturated heterocycles. The number of halogens is 1. The number of aryl methyl sites for hydroxylation is 1. The molecule has 0 aromatic heterocycles. The summed E-state index contributed by atoms with van der Waals surface area (Å²) in [5.41, 5.74) is 1.68. The molecule has 3 aromatic carbocycles. The highest BCUT2D eigenvalue weighted by atomic mass is 35.5. The lowest BCUT2D eigenvalue weighted by molar-refractivity contribution is 0.103. The molecule has 0 aliphatic heterocycles. The van der Waals surface area contributed by atoms with E-state index in [0.717, 1.165) is 5.56 Å². The molecule has 0 bridgehead atoms. The maximum atomic E-state index is 13.0. The third-order valence-electron chi connectivity index (χ3n) is 4.15. The van der Waals surface area contributed by atoms with E-state index in [2.05, 4.69) is 4.72 Å². The van der Waals surface area contributed by atoms with Gasteiger partial charge in [0.1, 0.15) is 5.75 Å². The van der Waals surface area contributed by atoms with Crippen LogP contribution in [0, 0.1) is 6.92 Å². The molecule has 0 radical (unpaired) electrons. The highest BCUT2D eigenvalue weighted by Gasteiger charge is 2.20. The van der Waals surface area contributed by atoms with Crippen LogP contribution in [0.1, 0.15) is 21.5 Å². The molecule has 7 heteroatoms. The van der Waals surface area contributed by atoms with E-state index in [1.807, 2.05) is 6.92 Å². The zero-order valence-corrected chi connectivity index (χ0v) is 16.8. The average molecular weight is 416 g/mol. The van der Waals surface area contributed by atoms with Gasteiger partial charge in [0.05, 0.1) is 23.3 Å². The predicted molar refractivity (Wildman–Crippen MR) is 110 cm³/mol. The van der Waals surface area contributed by atoms with Crippen LogP contribution in [0.15, 0.2) is 71.6 Å². The number of nitrogens with one attached hydrogen (secondary N) is 1. The van der Waals surface area contributed by atoms with Gasteiger partial charge in [0.25, 0.3) is 10.0 Å². The molecular formula is C21H18ClNO4S. The molecule has 0 heterocycles. The number of hydrogen-bond donors (Lipinski definition) is 1. The number of ether oxygens (including phenoxy) is 1. The largest absolute Gasteiger partial charge is 0.497 e. The summed E-state index contributed by atoms with van der Waals surface area (Å²) in [7, 11) is -2.38. The number of hydrogen-bond acceptors (Lipinski definition) is 4. The SMILES string of the molecule is COc1ccc(NS(=O)(=O)c2ccc(C)cc2)c(C(=O)c2ccc(Cl)cc2)c1. The van der Waals surface area contributed by atoms with Crippen molar-refractivity contribution in [2.75, 3.05) is 11.8 Å². The van der Waals surface area contributed by atoms with Crippen molar-refractivity contribution in [2.24, 2.45) is 0 Å². The molecule has 0 aliphatic carbocycles. The molecule has 5 nitrogen and oxygen atoms in total. The molecule has 0 spiro atoms. The lowest BCUT2D eigenvalue weighted by atomic mass is 10.0. The molecule has 0 fully saturated rings. The number of benzene rings is 3.